The van der Waals surface area contributed by atoms with E-state index < -0.39 is 0 Å². The van der Waals surface area contributed by atoms with Crippen LogP contribution in [0.2, 0.25) is 0 Å². The molecule has 0 saturated carbocycles. The lowest BCUT2D eigenvalue weighted by Crippen LogP contribution is -2.05. The third kappa shape index (κ3) is 2.83. The van der Waals surface area contributed by atoms with Crippen molar-refractivity contribution in [2.45, 2.75) is 26.3 Å². The molecule has 1 aromatic carbocycles. The van der Waals surface area contributed by atoms with Crippen molar-refractivity contribution in [2.24, 2.45) is 0 Å². The molecule has 0 aliphatic carbocycles. The second-order valence-electron chi connectivity index (χ2n) is 4.41. The summed E-state index contributed by atoms with van der Waals surface area (Å²) in [6, 6.07) is 6.38. The first-order chi connectivity index (χ1) is 8.77. The standard InChI is InChI=1S/C14H19ClN2S/c1-11-5-3-6-12-14(11)16-13(7-8-15)17(12)9-4-10-18-2/h3,5-6H,4,7-10H2,1-2H3. The van der Waals surface area contributed by atoms with Crippen molar-refractivity contribution in [3.05, 3.63) is 29.6 Å². The molecule has 4 heteroatoms. The van der Waals surface area contributed by atoms with Crippen LogP contribution in [0.1, 0.15) is 17.8 Å². The van der Waals surface area contributed by atoms with Gasteiger partial charge in [-0.3, -0.25) is 0 Å². The van der Waals surface area contributed by atoms with Crippen LogP contribution in [0.15, 0.2) is 18.2 Å². The number of thioether (sulfide) groups is 1. The largest absolute Gasteiger partial charge is 0.328 e. The van der Waals surface area contributed by atoms with Gasteiger partial charge in [0, 0.05) is 18.8 Å². The van der Waals surface area contributed by atoms with Crippen molar-refractivity contribution >= 4 is 34.4 Å². The van der Waals surface area contributed by atoms with Crippen LogP contribution in [0, 0.1) is 6.92 Å². The number of imidazole rings is 1. The fourth-order valence-electron chi connectivity index (χ4n) is 2.23. The van der Waals surface area contributed by atoms with Crippen molar-refractivity contribution in [1.29, 1.82) is 0 Å². The first-order valence-electron chi connectivity index (χ1n) is 6.27. The number of benzene rings is 1. The van der Waals surface area contributed by atoms with Gasteiger partial charge < -0.3 is 4.57 Å². The Morgan fingerprint density at radius 1 is 1.39 bits per heavy atom. The summed E-state index contributed by atoms with van der Waals surface area (Å²) in [5.74, 6) is 2.94. The van der Waals surface area contributed by atoms with Gasteiger partial charge in [0.1, 0.15) is 5.82 Å². The lowest BCUT2D eigenvalue weighted by atomic mass is 10.2. The van der Waals surface area contributed by atoms with E-state index in [4.69, 9.17) is 16.6 Å². The van der Waals surface area contributed by atoms with Gasteiger partial charge >= 0.3 is 0 Å². The number of aromatic nitrogens is 2. The lowest BCUT2D eigenvalue weighted by Gasteiger charge is -2.07. The topological polar surface area (TPSA) is 17.8 Å². The molecule has 0 aliphatic heterocycles. The predicted octanol–water partition coefficient (Wildman–Crippen LogP) is 3.88. The normalized spacial score (nSPS) is 11.3. The van der Waals surface area contributed by atoms with E-state index in [9.17, 15) is 0 Å². The smallest absolute Gasteiger partial charge is 0.111 e. The minimum atomic E-state index is 0.630. The summed E-state index contributed by atoms with van der Waals surface area (Å²) >= 11 is 7.77. The quantitative estimate of drug-likeness (QED) is 0.591. The molecule has 0 atom stereocenters. The number of rotatable bonds is 6. The van der Waals surface area contributed by atoms with Gasteiger partial charge in [-0.1, -0.05) is 12.1 Å². The van der Waals surface area contributed by atoms with Crippen LogP contribution in [-0.4, -0.2) is 27.4 Å². The Balaban J connectivity index is 2.39. The lowest BCUT2D eigenvalue weighted by molar-refractivity contribution is 0.665. The minimum Gasteiger partial charge on any atom is -0.328 e. The highest BCUT2D eigenvalue weighted by molar-refractivity contribution is 7.98. The van der Waals surface area contributed by atoms with Gasteiger partial charge in [0.2, 0.25) is 0 Å². The summed E-state index contributed by atoms with van der Waals surface area (Å²) < 4.78 is 2.33. The number of halogens is 1. The average Bonchev–Trinajstić information content (AvgIpc) is 2.70. The summed E-state index contributed by atoms with van der Waals surface area (Å²) in [6.07, 6.45) is 4.17. The molecular weight excluding hydrogens is 264 g/mol. The van der Waals surface area contributed by atoms with Crippen molar-refractivity contribution in [3.8, 4) is 0 Å². The molecule has 0 spiro atoms. The van der Waals surface area contributed by atoms with Crippen LogP contribution in [-0.2, 0) is 13.0 Å². The second-order valence-corrected chi connectivity index (χ2v) is 5.77. The maximum absolute atomic E-state index is 5.88. The minimum absolute atomic E-state index is 0.630. The molecule has 0 saturated heterocycles. The van der Waals surface area contributed by atoms with Crippen LogP contribution in [0.5, 0.6) is 0 Å². The Labute approximate surface area is 118 Å². The molecule has 98 valence electrons. The second kappa shape index (κ2) is 6.48. The van der Waals surface area contributed by atoms with Gasteiger partial charge in [-0.25, -0.2) is 4.98 Å². The fourth-order valence-corrected chi connectivity index (χ4v) is 2.81. The number of hydrogen-bond acceptors (Lipinski definition) is 2. The van der Waals surface area contributed by atoms with E-state index in [-0.39, 0.29) is 0 Å². The molecule has 0 radical (unpaired) electrons. The molecule has 2 aromatic rings. The van der Waals surface area contributed by atoms with Crippen molar-refractivity contribution in [2.75, 3.05) is 17.9 Å². The molecule has 0 unspecified atom stereocenters. The molecule has 1 aromatic heterocycles. The van der Waals surface area contributed by atoms with E-state index in [1.54, 1.807) is 0 Å². The first-order valence-corrected chi connectivity index (χ1v) is 8.20. The van der Waals surface area contributed by atoms with Crippen LogP contribution in [0.3, 0.4) is 0 Å². The molecule has 0 fully saturated rings. The van der Waals surface area contributed by atoms with Gasteiger partial charge in [-0.15, -0.1) is 11.6 Å². The Morgan fingerprint density at radius 2 is 2.22 bits per heavy atom. The molecule has 0 N–H and O–H groups in total. The summed E-state index contributed by atoms with van der Waals surface area (Å²) in [4.78, 5) is 4.75. The number of alkyl halides is 1. The van der Waals surface area contributed by atoms with E-state index in [0.717, 1.165) is 24.3 Å². The number of aryl methyl sites for hydroxylation is 3. The van der Waals surface area contributed by atoms with Crippen LogP contribution in [0.25, 0.3) is 11.0 Å². The van der Waals surface area contributed by atoms with E-state index in [1.165, 1.54) is 23.3 Å². The number of fused-ring (bicyclic) bond motifs is 1. The highest BCUT2D eigenvalue weighted by Crippen LogP contribution is 2.21. The van der Waals surface area contributed by atoms with E-state index in [0.29, 0.717) is 5.88 Å². The molecule has 0 bridgehead atoms. The maximum Gasteiger partial charge on any atom is 0.111 e. The molecule has 18 heavy (non-hydrogen) atoms. The first kappa shape index (κ1) is 13.8. The van der Waals surface area contributed by atoms with Crippen molar-refractivity contribution in [3.63, 3.8) is 0 Å². The van der Waals surface area contributed by atoms with Crippen molar-refractivity contribution in [1.82, 2.24) is 9.55 Å². The van der Waals surface area contributed by atoms with E-state index in [1.807, 2.05) is 11.8 Å². The summed E-state index contributed by atoms with van der Waals surface area (Å²) in [5.41, 5.74) is 3.62. The van der Waals surface area contributed by atoms with Gasteiger partial charge in [-0.2, -0.15) is 11.8 Å². The number of hydrogen-bond donors (Lipinski definition) is 0. The maximum atomic E-state index is 5.88. The summed E-state index contributed by atoms with van der Waals surface area (Å²) in [7, 11) is 0. The zero-order valence-electron chi connectivity index (χ0n) is 10.9. The third-order valence-electron chi connectivity index (χ3n) is 3.11. The predicted molar refractivity (Wildman–Crippen MR) is 81.9 cm³/mol. The molecule has 1 heterocycles. The molecule has 2 rings (SSSR count). The van der Waals surface area contributed by atoms with Crippen LogP contribution < -0.4 is 0 Å². The summed E-state index contributed by atoms with van der Waals surface area (Å²) in [6.45, 7) is 3.15. The molecule has 2 nitrogen and oxygen atoms in total. The molecular formula is C14H19ClN2S. The highest BCUT2D eigenvalue weighted by atomic mass is 35.5. The monoisotopic (exact) mass is 282 g/mol. The van der Waals surface area contributed by atoms with E-state index >= 15 is 0 Å². The Bertz CT molecular complexity index is 522. The fraction of sp³-hybridized carbons (Fsp3) is 0.500. The average molecular weight is 283 g/mol. The SMILES string of the molecule is CSCCCn1c(CCCl)nc2c(C)cccc21. The Hall–Kier alpha value is -0.670. The number of para-hydroxylation sites is 1. The number of nitrogens with zero attached hydrogens (tertiary/aromatic N) is 2. The van der Waals surface area contributed by atoms with Gasteiger partial charge in [0.05, 0.1) is 11.0 Å². The highest BCUT2D eigenvalue weighted by Gasteiger charge is 2.11. The van der Waals surface area contributed by atoms with Gasteiger partial charge in [0.25, 0.3) is 0 Å². The van der Waals surface area contributed by atoms with Crippen LogP contribution in [0.4, 0.5) is 0 Å². The summed E-state index contributed by atoms with van der Waals surface area (Å²) in [5, 5.41) is 0. The van der Waals surface area contributed by atoms with Gasteiger partial charge in [0.15, 0.2) is 0 Å². The Morgan fingerprint density at radius 3 is 2.94 bits per heavy atom. The Kier molecular flexibility index (Phi) is 4.95. The van der Waals surface area contributed by atoms with Crippen molar-refractivity contribution < 1.29 is 0 Å². The molecule has 0 aliphatic rings. The zero-order valence-corrected chi connectivity index (χ0v) is 12.5. The van der Waals surface area contributed by atoms with E-state index in [2.05, 4.69) is 35.9 Å². The third-order valence-corrected chi connectivity index (χ3v) is 3.99. The molecule has 0 amide bonds. The van der Waals surface area contributed by atoms with Gasteiger partial charge in [-0.05, 0) is 37.0 Å². The zero-order chi connectivity index (χ0) is 13.0. The van der Waals surface area contributed by atoms with Crippen LogP contribution >= 0.6 is 23.4 Å².